The standard InChI is InChI=1S/C50H26N4S2/c51-27-29-10-9-11-30(24-29)38-26-41(53-39-16-5-1-12-32(39)34-20-22-45-47(49(34)53)36-14-3-7-18-43(36)55-45)31(28-52)25-42(38)54-40-17-6-2-13-33(40)35-21-23-46-48(50(35)54)37-15-4-8-19-44(37)56-46/h1-26H. The lowest BCUT2D eigenvalue weighted by atomic mass is 9.97. The number of benzene rings is 8. The monoisotopic (exact) mass is 746 g/mol. The highest BCUT2D eigenvalue weighted by molar-refractivity contribution is 7.26. The Kier molecular flexibility index (Phi) is 6.48. The molecule has 0 unspecified atom stereocenters. The van der Waals surface area contributed by atoms with Crippen LogP contribution in [-0.4, -0.2) is 9.13 Å². The first-order valence-corrected chi connectivity index (χ1v) is 20.1. The zero-order chi connectivity index (χ0) is 37.1. The number of aromatic nitrogens is 2. The third-order valence-corrected chi connectivity index (χ3v) is 13.6. The molecule has 56 heavy (non-hydrogen) atoms. The largest absolute Gasteiger partial charge is 0.308 e. The molecule has 6 heteroatoms. The summed E-state index contributed by atoms with van der Waals surface area (Å²) in [5, 5.41) is 30.8. The van der Waals surface area contributed by atoms with Crippen LogP contribution in [0.15, 0.2) is 158 Å². The van der Waals surface area contributed by atoms with E-state index in [2.05, 4.69) is 161 Å². The smallest absolute Gasteiger partial charge is 0.101 e. The minimum absolute atomic E-state index is 0.563. The van der Waals surface area contributed by atoms with Crippen LogP contribution in [0.5, 0.6) is 0 Å². The first-order chi connectivity index (χ1) is 27.7. The summed E-state index contributed by atoms with van der Waals surface area (Å²) in [4.78, 5) is 0. The van der Waals surface area contributed by atoms with Gasteiger partial charge >= 0.3 is 0 Å². The highest BCUT2D eigenvalue weighted by Gasteiger charge is 2.25. The Morgan fingerprint density at radius 2 is 0.946 bits per heavy atom. The SMILES string of the molecule is N#Cc1cccc(-c2cc(-n3c4ccccc4c4ccc5sc6ccccc6c5c43)c(C#N)cc2-n2c3ccccc3c3ccc4sc5ccccc5c4c32)c1. The van der Waals surface area contributed by atoms with Crippen molar-refractivity contribution in [3.8, 4) is 34.6 Å². The van der Waals surface area contributed by atoms with Crippen molar-refractivity contribution in [1.29, 1.82) is 10.5 Å². The minimum Gasteiger partial charge on any atom is -0.308 e. The fourth-order valence-electron chi connectivity index (χ4n) is 9.05. The van der Waals surface area contributed by atoms with Crippen molar-refractivity contribution >= 4 is 107 Å². The van der Waals surface area contributed by atoms with Crippen molar-refractivity contribution in [3.63, 3.8) is 0 Å². The number of thiophene rings is 2. The molecule has 0 saturated heterocycles. The van der Waals surface area contributed by atoms with Crippen molar-refractivity contribution in [3.05, 3.63) is 169 Å². The van der Waals surface area contributed by atoms with Crippen LogP contribution in [0.1, 0.15) is 11.1 Å². The van der Waals surface area contributed by atoms with Gasteiger partial charge in [0.15, 0.2) is 0 Å². The molecule has 0 aliphatic carbocycles. The van der Waals surface area contributed by atoms with E-state index in [4.69, 9.17) is 0 Å². The summed E-state index contributed by atoms with van der Waals surface area (Å²) in [5.41, 5.74) is 8.97. The average molecular weight is 747 g/mol. The van der Waals surface area contributed by atoms with Crippen molar-refractivity contribution < 1.29 is 0 Å². The molecule has 8 aromatic carbocycles. The molecule has 4 heterocycles. The number of hydrogen-bond donors (Lipinski definition) is 0. The number of nitriles is 2. The average Bonchev–Trinajstić information content (AvgIpc) is 4.00. The molecule has 0 amide bonds. The lowest BCUT2D eigenvalue weighted by Crippen LogP contribution is -2.04. The van der Waals surface area contributed by atoms with E-state index in [0.717, 1.165) is 66.1 Å². The molecule has 0 spiro atoms. The Morgan fingerprint density at radius 3 is 1.52 bits per heavy atom. The van der Waals surface area contributed by atoms with Gasteiger partial charge in [-0.3, -0.25) is 0 Å². The maximum absolute atomic E-state index is 11.3. The number of hydrogen-bond acceptors (Lipinski definition) is 4. The maximum Gasteiger partial charge on any atom is 0.101 e. The fraction of sp³-hybridized carbons (Fsp3) is 0. The van der Waals surface area contributed by atoms with Gasteiger partial charge in [0, 0.05) is 67.5 Å². The van der Waals surface area contributed by atoms with Crippen LogP contribution in [0, 0.1) is 22.7 Å². The zero-order valence-electron chi connectivity index (χ0n) is 29.6. The van der Waals surface area contributed by atoms with Crippen molar-refractivity contribution in [1.82, 2.24) is 9.13 Å². The Hall–Kier alpha value is -7.22. The predicted molar refractivity (Wildman–Crippen MR) is 236 cm³/mol. The third kappa shape index (κ3) is 4.20. The maximum atomic E-state index is 11.3. The summed E-state index contributed by atoms with van der Waals surface area (Å²) < 4.78 is 9.56. The molecule has 258 valence electrons. The summed E-state index contributed by atoms with van der Waals surface area (Å²) >= 11 is 3.60. The van der Waals surface area contributed by atoms with E-state index in [-0.39, 0.29) is 0 Å². The van der Waals surface area contributed by atoms with E-state index in [0.29, 0.717) is 11.1 Å². The molecule has 0 bridgehead atoms. The summed E-state index contributed by atoms with van der Waals surface area (Å²) in [6.07, 6.45) is 0. The highest BCUT2D eigenvalue weighted by Crippen LogP contribution is 2.47. The molecule has 0 aliphatic heterocycles. The minimum atomic E-state index is 0.563. The summed E-state index contributed by atoms with van der Waals surface area (Å²) in [7, 11) is 0. The van der Waals surface area contributed by atoms with E-state index >= 15 is 0 Å². The molecule has 12 rings (SSSR count). The second-order valence-corrected chi connectivity index (χ2v) is 16.4. The summed E-state index contributed by atoms with van der Waals surface area (Å²) in [6, 6.07) is 60.4. The van der Waals surface area contributed by atoms with Crippen LogP contribution >= 0.6 is 22.7 Å². The molecule has 0 saturated carbocycles. The number of para-hydroxylation sites is 2. The molecule has 0 N–H and O–H groups in total. The number of nitrogens with zero attached hydrogens (tertiary/aromatic N) is 4. The summed E-state index contributed by atoms with van der Waals surface area (Å²) in [6.45, 7) is 0. The molecular weight excluding hydrogens is 721 g/mol. The highest BCUT2D eigenvalue weighted by atomic mass is 32.1. The number of rotatable bonds is 3. The van der Waals surface area contributed by atoms with Gasteiger partial charge in [-0.2, -0.15) is 10.5 Å². The van der Waals surface area contributed by atoms with Crippen LogP contribution in [0.4, 0.5) is 0 Å². The van der Waals surface area contributed by atoms with E-state index in [1.54, 1.807) is 22.7 Å². The first kappa shape index (κ1) is 31.2. The number of fused-ring (bicyclic) bond motifs is 14. The zero-order valence-corrected chi connectivity index (χ0v) is 31.2. The molecule has 0 fully saturated rings. The Morgan fingerprint density at radius 1 is 0.411 bits per heavy atom. The van der Waals surface area contributed by atoms with Gasteiger partial charge in [-0.1, -0.05) is 97.1 Å². The normalized spacial score (nSPS) is 11.9. The molecule has 0 aliphatic rings. The molecule has 0 radical (unpaired) electrons. The van der Waals surface area contributed by atoms with E-state index in [1.807, 2.05) is 18.2 Å². The van der Waals surface area contributed by atoms with Gasteiger partial charge in [0.2, 0.25) is 0 Å². The van der Waals surface area contributed by atoms with Crippen LogP contribution < -0.4 is 0 Å². The first-order valence-electron chi connectivity index (χ1n) is 18.5. The van der Waals surface area contributed by atoms with Crippen LogP contribution in [-0.2, 0) is 0 Å². The van der Waals surface area contributed by atoms with Crippen molar-refractivity contribution in [2.24, 2.45) is 0 Å². The lowest BCUT2D eigenvalue weighted by Gasteiger charge is -2.19. The van der Waals surface area contributed by atoms with Gasteiger partial charge in [-0.05, 0) is 66.2 Å². The van der Waals surface area contributed by atoms with Gasteiger partial charge < -0.3 is 9.13 Å². The van der Waals surface area contributed by atoms with Crippen molar-refractivity contribution in [2.75, 3.05) is 0 Å². The molecule has 12 aromatic rings. The van der Waals surface area contributed by atoms with Crippen LogP contribution in [0.2, 0.25) is 0 Å². The van der Waals surface area contributed by atoms with Gasteiger partial charge in [-0.25, -0.2) is 0 Å². The van der Waals surface area contributed by atoms with Gasteiger partial charge in [0.1, 0.15) is 6.07 Å². The molecule has 4 nitrogen and oxygen atoms in total. The van der Waals surface area contributed by atoms with Crippen molar-refractivity contribution in [2.45, 2.75) is 0 Å². The Bertz CT molecular complexity index is 3750. The van der Waals surface area contributed by atoms with Crippen LogP contribution in [0.3, 0.4) is 0 Å². The van der Waals surface area contributed by atoms with Gasteiger partial charge in [-0.15, -0.1) is 22.7 Å². The molecule has 0 atom stereocenters. The Balaban J connectivity index is 1.28. The predicted octanol–water partition coefficient (Wildman–Crippen LogP) is 14.0. The van der Waals surface area contributed by atoms with E-state index < -0.39 is 0 Å². The summed E-state index contributed by atoms with van der Waals surface area (Å²) in [5.74, 6) is 0. The Labute approximate surface area is 328 Å². The van der Waals surface area contributed by atoms with Gasteiger partial charge in [0.25, 0.3) is 0 Å². The fourth-order valence-corrected chi connectivity index (χ4v) is 11.3. The van der Waals surface area contributed by atoms with Crippen LogP contribution in [0.25, 0.3) is 106 Å². The topological polar surface area (TPSA) is 57.4 Å². The quantitative estimate of drug-likeness (QED) is 0.181. The molecular formula is C50H26N4S2. The lowest BCUT2D eigenvalue weighted by molar-refractivity contribution is 1.14. The van der Waals surface area contributed by atoms with E-state index in [9.17, 15) is 10.5 Å². The second-order valence-electron chi connectivity index (χ2n) is 14.3. The second kappa shape index (κ2) is 11.6. The molecule has 4 aromatic heterocycles. The van der Waals surface area contributed by atoms with E-state index in [1.165, 1.54) is 40.3 Å². The third-order valence-electron chi connectivity index (χ3n) is 11.4. The van der Waals surface area contributed by atoms with Gasteiger partial charge in [0.05, 0.1) is 50.6 Å².